The van der Waals surface area contributed by atoms with Crippen molar-refractivity contribution in [2.45, 2.75) is 65.7 Å². The zero-order valence-corrected chi connectivity index (χ0v) is 20.4. The van der Waals surface area contributed by atoms with Crippen LogP contribution in [-0.2, 0) is 18.3 Å². The Labute approximate surface area is 193 Å². The number of ether oxygens (including phenoxy) is 2. The molecule has 0 atom stereocenters. The third-order valence-corrected chi connectivity index (χ3v) is 5.50. The topological polar surface area (TPSA) is 57.9 Å². The first-order valence-corrected chi connectivity index (χ1v) is 11.6. The third-order valence-electron chi connectivity index (χ3n) is 5.50. The summed E-state index contributed by atoms with van der Waals surface area (Å²) in [5, 5.41) is 3.76. The van der Waals surface area contributed by atoms with Gasteiger partial charge in [0.25, 0.3) is 0 Å². The molecule has 0 saturated heterocycles. The van der Waals surface area contributed by atoms with Crippen LogP contribution in [0.15, 0.2) is 35.8 Å². The van der Waals surface area contributed by atoms with Crippen LogP contribution in [0.3, 0.4) is 0 Å². The Bertz CT molecular complexity index is 848. The highest BCUT2D eigenvalue weighted by Gasteiger charge is 2.09. The lowest BCUT2D eigenvalue weighted by molar-refractivity contribution is 0.215. The molecule has 2 rings (SSSR count). The first kappa shape index (κ1) is 25.5. The summed E-state index contributed by atoms with van der Waals surface area (Å²) in [5.41, 5.74) is 4.84. The lowest BCUT2D eigenvalue weighted by atomic mass is 9.96. The second-order valence-electron chi connectivity index (χ2n) is 8.10. The highest BCUT2D eigenvalue weighted by atomic mass is 16.6. The van der Waals surface area contributed by atoms with Gasteiger partial charge in [-0.2, -0.15) is 0 Å². The van der Waals surface area contributed by atoms with Gasteiger partial charge in [-0.25, -0.2) is 4.98 Å². The van der Waals surface area contributed by atoms with E-state index in [2.05, 4.69) is 36.1 Å². The zero-order chi connectivity index (χ0) is 23.2. The van der Waals surface area contributed by atoms with Gasteiger partial charge in [-0.3, -0.25) is 0 Å². The van der Waals surface area contributed by atoms with Gasteiger partial charge >= 0.3 is 0 Å². The molecule has 1 aromatic carbocycles. The number of hydrogen-bond donors (Lipinski definition) is 0. The fourth-order valence-electron chi connectivity index (χ4n) is 3.76. The predicted molar refractivity (Wildman–Crippen MR) is 131 cm³/mol. The van der Waals surface area contributed by atoms with Gasteiger partial charge in [0.05, 0.1) is 19.1 Å². The van der Waals surface area contributed by atoms with E-state index >= 15 is 0 Å². The molecule has 0 amide bonds. The number of rotatable bonds is 15. The fourth-order valence-corrected chi connectivity index (χ4v) is 3.76. The molecule has 0 aliphatic heterocycles. The molecule has 0 radical (unpaired) electrons. The third kappa shape index (κ3) is 8.40. The molecule has 1 aromatic heterocycles. The Balaban J connectivity index is 1.61. The fraction of sp³-hybridized carbons (Fsp3) is 0.538. The number of allylic oxidation sites excluding steroid dienone is 1. The molecule has 0 aliphatic rings. The van der Waals surface area contributed by atoms with Crippen LogP contribution in [0.4, 0.5) is 0 Å². The van der Waals surface area contributed by atoms with Crippen molar-refractivity contribution in [2.24, 2.45) is 12.2 Å². The molecule has 6 heteroatoms. The van der Waals surface area contributed by atoms with Crippen LogP contribution < -0.4 is 9.47 Å². The lowest BCUT2D eigenvalue weighted by Gasteiger charge is -2.13. The van der Waals surface area contributed by atoms with Crippen molar-refractivity contribution in [2.75, 3.05) is 20.3 Å². The molecule has 32 heavy (non-hydrogen) atoms. The van der Waals surface area contributed by atoms with Gasteiger partial charge in [0, 0.05) is 7.05 Å². The van der Waals surface area contributed by atoms with E-state index in [9.17, 15) is 0 Å². The minimum Gasteiger partial charge on any atom is -0.490 e. The molecule has 1 heterocycles. The van der Waals surface area contributed by atoms with E-state index in [-0.39, 0.29) is 0 Å². The summed E-state index contributed by atoms with van der Waals surface area (Å²) in [6.07, 6.45) is 15.7. The Hall–Kier alpha value is -2.76. The quantitative estimate of drug-likeness (QED) is 0.149. The Kier molecular flexibility index (Phi) is 11.4. The summed E-state index contributed by atoms with van der Waals surface area (Å²) in [6.45, 7) is 7.72. The van der Waals surface area contributed by atoms with Crippen molar-refractivity contribution < 1.29 is 14.3 Å². The van der Waals surface area contributed by atoms with Crippen LogP contribution in [-0.4, -0.2) is 36.1 Å². The highest BCUT2D eigenvalue weighted by Crippen LogP contribution is 2.24. The molecule has 176 valence electrons. The number of aryl methyl sites for hydroxylation is 3. The average Bonchev–Trinajstić information content (AvgIpc) is 3.12. The van der Waals surface area contributed by atoms with Crippen molar-refractivity contribution in [1.82, 2.24) is 9.55 Å². The van der Waals surface area contributed by atoms with Crippen molar-refractivity contribution in [1.29, 1.82) is 0 Å². The number of imidazole rings is 1. The van der Waals surface area contributed by atoms with E-state index in [4.69, 9.17) is 14.3 Å². The van der Waals surface area contributed by atoms with E-state index in [0.717, 1.165) is 24.5 Å². The molecular formula is C26H39N3O3. The molecule has 0 saturated carbocycles. The maximum atomic E-state index is 5.90. The molecule has 0 bridgehead atoms. The molecule has 0 aliphatic carbocycles. The molecule has 2 aromatic rings. The van der Waals surface area contributed by atoms with Gasteiger partial charge in [-0.15, -0.1) is 0 Å². The molecule has 6 nitrogen and oxygen atoms in total. The van der Waals surface area contributed by atoms with Gasteiger partial charge < -0.3 is 18.9 Å². The smallest absolute Gasteiger partial charge is 0.222 e. The predicted octanol–water partition coefficient (Wildman–Crippen LogP) is 5.93. The summed E-state index contributed by atoms with van der Waals surface area (Å²) in [6, 6.07) is 4.33. The Morgan fingerprint density at radius 1 is 1.00 bits per heavy atom. The SMILES string of the molecule is C/C=C/COc1cc(C)c(CCCCCCCCOc2c(C=NOC)ncn2C)c(C)c1. The Morgan fingerprint density at radius 2 is 1.69 bits per heavy atom. The number of nitrogens with zero attached hydrogens (tertiary/aromatic N) is 3. The van der Waals surface area contributed by atoms with Crippen LogP contribution in [0, 0.1) is 13.8 Å². The first-order chi connectivity index (χ1) is 15.6. The number of oxime groups is 1. The van der Waals surface area contributed by atoms with Gasteiger partial charge in [0.1, 0.15) is 25.2 Å². The first-order valence-electron chi connectivity index (χ1n) is 11.6. The molecule has 0 N–H and O–H groups in total. The van der Waals surface area contributed by atoms with Crippen LogP contribution in [0.1, 0.15) is 67.8 Å². The molecular weight excluding hydrogens is 402 g/mol. The van der Waals surface area contributed by atoms with Crippen LogP contribution in [0.25, 0.3) is 0 Å². The van der Waals surface area contributed by atoms with E-state index in [0.29, 0.717) is 18.9 Å². The lowest BCUT2D eigenvalue weighted by Crippen LogP contribution is -2.03. The van der Waals surface area contributed by atoms with E-state index < -0.39 is 0 Å². The summed E-state index contributed by atoms with van der Waals surface area (Å²) in [5.74, 6) is 1.70. The number of hydrogen-bond acceptors (Lipinski definition) is 5. The van der Waals surface area contributed by atoms with Crippen molar-refractivity contribution in [3.8, 4) is 11.6 Å². The summed E-state index contributed by atoms with van der Waals surface area (Å²) in [4.78, 5) is 8.98. The minimum absolute atomic E-state index is 0.630. The zero-order valence-electron chi connectivity index (χ0n) is 20.4. The van der Waals surface area contributed by atoms with Gasteiger partial charge in [0.2, 0.25) is 5.88 Å². The van der Waals surface area contributed by atoms with Crippen molar-refractivity contribution in [3.05, 3.63) is 53.0 Å². The number of unbranched alkanes of at least 4 members (excludes halogenated alkanes) is 5. The number of aromatic nitrogens is 2. The van der Waals surface area contributed by atoms with Crippen molar-refractivity contribution in [3.63, 3.8) is 0 Å². The van der Waals surface area contributed by atoms with E-state index in [1.807, 2.05) is 30.7 Å². The van der Waals surface area contributed by atoms with Gasteiger partial charge in [-0.1, -0.05) is 43.0 Å². The van der Waals surface area contributed by atoms with Gasteiger partial charge in [-0.05, 0) is 68.9 Å². The number of benzene rings is 1. The maximum absolute atomic E-state index is 5.90. The van der Waals surface area contributed by atoms with Crippen LogP contribution in [0.2, 0.25) is 0 Å². The maximum Gasteiger partial charge on any atom is 0.222 e. The molecule has 0 spiro atoms. The monoisotopic (exact) mass is 441 g/mol. The minimum atomic E-state index is 0.630. The standard InChI is InChI=1S/C26H39N3O3/c1-6-7-15-31-23-17-21(2)24(22(3)18-23)14-12-10-8-9-11-13-16-32-26-25(19-28-30-5)27-20-29(26)4/h6-7,17-20H,8-16H2,1-5H3/b7-6+,28-19?. The van der Waals surface area contributed by atoms with Crippen LogP contribution in [0.5, 0.6) is 11.6 Å². The summed E-state index contributed by atoms with van der Waals surface area (Å²) < 4.78 is 13.6. The van der Waals surface area contributed by atoms with Crippen LogP contribution >= 0.6 is 0 Å². The highest BCUT2D eigenvalue weighted by molar-refractivity contribution is 5.79. The average molecular weight is 442 g/mol. The van der Waals surface area contributed by atoms with Crippen molar-refractivity contribution >= 4 is 6.21 Å². The largest absolute Gasteiger partial charge is 0.490 e. The van der Waals surface area contributed by atoms with E-state index in [1.54, 1.807) is 12.5 Å². The normalized spacial score (nSPS) is 11.5. The molecule has 0 unspecified atom stereocenters. The van der Waals surface area contributed by atoms with Gasteiger partial charge in [0.15, 0.2) is 0 Å². The van der Waals surface area contributed by atoms with E-state index in [1.165, 1.54) is 55.9 Å². The summed E-state index contributed by atoms with van der Waals surface area (Å²) in [7, 11) is 3.43. The summed E-state index contributed by atoms with van der Waals surface area (Å²) >= 11 is 0. The Morgan fingerprint density at radius 3 is 2.38 bits per heavy atom. The molecule has 0 fully saturated rings. The second kappa shape index (κ2) is 14.3. The second-order valence-corrected chi connectivity index (χ2v) is 8.10.